The van der Waals surface area contributed by atoms with E-state index in [0.717, 1.165) is 17.0 Å². The largest absolute Gasteiger partial charge is 0.350 e. The summed E-state index contributed by atoms with van der Waals surface area (Å²) in [6, 6.07) is 2.67. The van der Waals surface area contributed by atoms with Crippen molar-refractivity contribution in [3.63, 3.8) is 0 Å². The molecule has 2 heterocycles. The predicted molar refractivity (Wildman–Crippen MR) is 67.7 cm³/mol. The number of aromatic nitrogens is 3. The molecule has 94 valence electrons. The van der Waals surface area contributed by atoms with Crippen LogP contribution in [0.3, 0.4) is 0 Å². The van der Waals surface area contributed by atoms with Crippen LogP contribution in [0.5, 0.6) is 0 Å². The Morgan fingerprint density at radius 1 is 1.50 bits per heavy atom. The number of rotatable bonds is 4. The lowest BCUT2D eigenvalue weighted by Crippen LogP contribution is -2.27. The van der Waals surface area contributed by atoms with Gasteiger partial charge in [0.1, 0.15) is 5.69 Å². The highest BCUT2D eigenvalue weighted by Gasteiger charge is 2.07. The van der Waals surface area contributed by atoms with Gasteiger partial charge in [0.05, 0.1) is 11.2 Å². The van der Waals surface area contributed by atoms with Gasteiger partial charge in [-0.15, -0.1) is 11.3 Å². The first-order chi connectivity index (χ1) is 8.66. The van der Waals surface area contributed by atoms with Crippen LogP contribution in [0.1, 0.15) is 21.1 Å². The molecule has 0 unspecified atom stereocenters. The Labute approximate surface area is 107 Å². The summed E-state index contributed by atoms with van der Waals surface area (Å²) in [7, 11) is 0. The maximum Gasteiger partial charge on any atom is 0.271 e. The molecule has 0 bridgehead atoms. The minimum absolute atomic E-state index is 0.204. The van der Waals surface area contributed by atoms with Crippen molar-refractivity contribution in [2.75, 3.05) is 6.54 Å². The van der Waals surface area contributed by atoms with Crippen molar-refractivity contribution in [3.8, 4) is 0 Å². The third kappa shape index (κ3) is 3.01. The molecule has 0 aromatic carbocycles. The molecule has 0 aliphatic carbocycles. The normalized spacial score (nSPS) is 10.3. The molecule has 0 aliphatic rings. The zero-order valence-corrected chi connectivity index (χ0v) is 10.6. The third-order valence-corrected chi connectivity index (χ3v) is 3.39. The predicted octanol–water partition coefficient (Wildman–Crippen LogP) is 0.507. The summed E-state index contributed by atoms with van der Waals surface area (Å²) >= 11 is 1.57. The maximum absolute atomic E-state index is 11.7. The molecule has 0 saturated heterocycles. The van der Waals surface area contributed by atoms with E-state index >= 15 is 0 Å². The molecule has 2 aromatic rings. The van der Waals surface area contributed by atoms with Crippen molar-refractivity contribution < 1.29 is 4.79 Å². The zero-order valence-electron chi connectivity index (χ0n) is 9.77. The highest BCUT2D eigenvalue weighted by atomic mass is 32.1. The van der Waals surface area contributed by atoms with E-state index in [1.165, 1.54) is 12.1 Å². The van der Waals surface area contributed by atoms with E-state index in [9.17, 15) is 9.59 Å². The number of nitrogens with one attached hydrogen (secondary N) is 2. The highest BCUT2D eigenvalue weighted by molar-refractivity contribution is 7.09. The van der Waals surface area contributed by atoms with Gasteiger partial charge in [0, 0.05) is 23.9 Å². The molecule has 0 fully saturated rings. The topological polar surface area (TPSA) is 87.7 Å². The van der Waals surface area contributed by atoms with E-state index in [0.29, 0.717) is 6.54 Å². The third-order valence-electron chi connectivity index (χ3n) is 2.39. The molecule has 0 atom stereocenters. The molecule has 2 rings (SSSR count). The van der Waals surface area contributed by atoms with Crippen molar-refractivity contribution in [1.29, 1.82) is 0 Å². The fourth-order valence-electron chi connectivity index (χ4n) is 1.42. The molecule has 0 spiro atoms. The van der Waals surface area contributed by atoms with Crippen molar-refractivity contribution in [3.05, 3.63) is 44.3 Å². The lowest BCUT2D eigenvalue weighted by Gasteiger charge is -2.03. The summed E-state index contributed by atoms with van der Waals surface area (Å²) in [5.41, 5.74) is 2.66. The second kappa shape index (κ2) is 5.54. The minimum Gasteiger partial charge on any atom is -0.350 e. The number of carbonyl (C=O) groups excluding carboxylic acids is 1. The van der Waals surface area contributed by atoms with E-state index in [4.69, 9.17) is 0 Å². The van der Waals surface area contributed by atoms with E-state index in [-0.39, 0.29) is 17.2 Å². The first-order valence-electron chi connectivity index (χ1n) is 5.39. The van der Waals surface area contributed by atoms with E-state index in [1.807, 2.05) is 6.92 Å². The standard InChI is InChI=1S/C11H12N4O2S/c1-7-9(18-6-13-7)4-5-12-11(17)8-2-3-10(16)15-14-8/h2-3,6H,4-5H2,1H3,(H,12,17)(H,15,16). The molecule has 2 aromatic heterocycles. The summed E-state index contributed by atoms with van der Waals surface area (Å²) in [6.45, 7) is 2.46. The Bertz CT molecular complexity index is 585. The van der Waals surface area contributed by atoms with Gasteiger partial charge < -0.3 is 5.32 Å². The minimum atomic E-state index is -0.327. The van der Waals surface area contributed by atoms with Crippen molar-refractivity contribution >= 4 is 17.2 Å². The van der Waals surface area contributed by atoms with Gasteiger partial charge in [0.15, 0.2) is 0 Å². The molecule has 0 radical (unpaired) electrons. The lowest BCUT2D eigenvalue weighted by molar-refractivity contribution is 0.0948. The number of thiazole rings is 1. The number of nitrogens with zero attached hydrogens (tertiary/aromatic N) is 2. The van der Waals surface area contributed by atoms with Crippen LogP contribution in [0.15, 0.2) is 22.4 Å². The molecule has 0 aliphatic heterocycles. The summed E-state index contributed by atoms with van der Waals surface area (Å²) in [6.07, 6.45) is 0.742. The highest BCUT2D eigenvalue weighted by Crippen LogP contribution is 2.11. The molecule has 0 saturated carbocycles. The molecule has 2 N–H and O–H groups in total. The van der Waals surface area contributed by atoms with Gasteiger partial charge in [-0.05, 0) is 13.0 Å². The summed E-state index contributed by atoms with van der Waals surface area (Å²) in [4.78, 5) is 27.8. The number of aromatic amines is 1. The number of hydrogen-bond donors (Lipinski definition) is 2. The second-order valence-corrected chi connectivity index (χ2v) is 4.61. The molecule has 6 nitrogen and oxygen atoms in total. The van der Waals surface area contributed by atoms with Gasteiger partial charge in [-0.3, -0.25) is 9.59 Å². The zero-order chi connectivity index (χ0) is 13.0. The number of carbonyl (C=O) groups is 1. The molecular formula is C11H12N4O2S. The molecular weight excluding hydrogens is 252 g/mol. The average Bonchev–Trinajstić information content (AvgIpc) is 2.76. The van der Waals surface area contributed by atoms with E-state index < -0.39 is 0 Å². The first kappa shape index (κ1) is 12.4. The number of aryl methyl sites for hydroxylation is 1. The van der Waals surface area contributed by atoms with Gasteiger partial charge in [-0.25, -0.2) is 10.1 Å². The maximum atomic E-state index is 11.7. The van der Waals surface area contributed by atoms with Crippen LogP contribution < -0.4 is 10.9 Å². The molecule has 1 amide bonds. The van der Waals surface area contributed by atoms with Crippen LogP contribution in [-0.4, -0.2) is 27.6 Å². The molecule has 18 heavy (non-hydrogen) atoms. The quantitative estimate of drug-likeness (QED) is 0.842. The van der Waals surface area contributed by atoms with Crippen molar-refractivity contribution in [1.82, 2.24) is 20.5 Å². The van der Waals surface area contributed by atoms with E-state index in [2.05, 4.69) is 20.5 Å². The number of H-pyrrole nitrogens is 1. The Morgan fingerprint density at radius 2 is 2.33 bits per heavy atom. The van der Waals surface area contributed by atoms with Crippen LogP contribution in [0, 0.1) is 6.92 Å². The Kier molecular flexibility index (Phi) is 3.83. The SMILES string of the molecule is Cc1ncsc1CCNC(=O)c1ccc(=O)[nH]n1. The van der Waals surface area contributed by atoms with Gasteiger partial charge in [-0.1, -0.05) is 0 Å². The van der Waals surface area contributed by atoms with Crippen LogP contribution in [0.2, 0.25) is 0 Å². The van der Waals surface area contributed by atoms with Gasteiger partial charge >= 0.3 is 0 Å². The summed E-state index contributed by atoms with van der Waals surface area (Å²) in [5, 5.41) is 8.61. The van der Waals surface area contributed by atoms with Crippen LogP contribution >= 0.6 is 11.3 Å². The summed E-state index contributed by atoms with van der Waals surface area (Å²) in [5.74, 6) is -0.298. The van der Waals surface area contributed by atoms with Gasteiger partial charge in [0.25, 0.3) is 11.5 Å². The fourth-order valence-corrected chi connectivity index (χ4v) is 2.20. The van der Waals surface area contributed by atoms with Crippen LogP contribution in [0.4, 0.5) is 0 Å². The Morgan fingerprint density at radius 3 is 2.94 bits per heavy atom. The van der Waals surface area contributed by atoms with E-state index in [1.54, 1.807) is 16.8 Å². The van der Waals surface area contributed by atoms with Crippen LogP contribution in [0.25, 0.3) is 0 Å². The average molecular weight is 264 g/mol. The molecule has 7 heteroatoms. The summed E-state index contributed by atoms with van der Waals surface area (Å²) < 4.78 is 0. The van der Waals surface area contributed by atoms with Gasteiger partial charge in [-0.2, -0.15) is 5.10 Å². The fraction of sp³-hybridized carbons (Fsp3) is 0.273. The Hall–Kier alpha value is -2.02. The monoisotopic (exact) mass is 264 g/mol. The number of hydrogen-bond acceptors (Lipinski definition) is 5. The smallest absolute Gasteiger partial charge is 0.271 e. The van der Waals surface area contributed by atoms with Crippen LogP contribution in [-0.2, 0) is 6.42 Å². The number of amides is 1. The van der Waals surface area contributed by atoms with Gasteiger partial charge in [0.2, 0.25) is 0 Å². The first-order valence-corrected chi connectivity index (χ1v) is 6.27. The second-order valence-electron chi connectivity index (χ2n) is 3.67. The van der Waals surface area contributed by atoms with Crippen molar-refractivity contribution in [2.24, 2.45) is 0 Å². The lowest BCUT2D eigenvalue weighted by atomic mass is 10.3. The van der Waals surface area contributed by atoms with Crippen molar-refractivity contribution in [2.45, 2.75) is 13.3 Å². The Balaban J connectivity index is 1.87.